The van der Waals surface area contributed by atoms with Crippen molar-refractivity contribution in [3.05, 3.63) is 75.9 Å². The number of anilines is 1. The number of fused-ring (bicyclic) bond motifs is 3. The number of carboxylic acids is 2. The van der Waals surface area contributed by atoms with Gasteiger partial charge in [-0.2, -0.15) is 5.10 Å². The molecule has 4 aromatic rings. The van der Waals surface area contributed by atoms with E-state index >= 15 is 0 Å². The molecule has 3 fully saturated rings. The van der Waals surface area contributed by atoms with Crippen LogP contribution in [0.15, 0.2) is 59.8 Å². The van der Waals surface area contributed by atoms with Crippen LogP contribution in [0.5, 0.6) is 11.5 Å². The highest BCUT2D eigenvalue weighted by molar-refractivity contribution is 6.34. The summed E-state index contributed by atoms with van der Waals surface area (Å²) in [6.07, 6.45) is 0.773. The zero-order valence-corrected chi connectivity index (χ0v) is 43.5. The molecule has 3 aromatic carbocycles. The van der Waals surface area contributed by atoms with Gasteiger partial charge in [0.15, 0.2) is 12.3 Å². The van der Waals surface area contributed by atoms with Crippen LogP contribution in [0, 0.1) is 0 Å². The molecule has 0 unspecified atom stereocenters. The standard InChI is InChI=1S/C51H60Cl2N10O12/c1-51(2)32-73-18-16-62(51)50(71)48-41-30-74-43-24-42(72-3)39(23-40(43)49(41)63(55-48)38-21-34(52)20-35(53)22-38)33-5-4-6-36(19-33)54-44(65)31-75-56-37-25-61(26-37)45(66)27-58-11-13-59(28-46(67)68)9-7-57(15-17-64)8-10-60(14-12-58)29-47(69)70/h4-6,17,19-24H,7-16,18,25-32H2,1-3H3,(H,54,65)(H,67,68)(H,69,70). The summed E-state index contributed by atoms with van der Waals surface area (Å²) in [5, 5.41) is 31.7. The second-order valence-corrected chi connectivity index (χ2v) is 20.1. The highest BCUT2D eigenvalue weighted by Gasteiger charge is 2.40. The number of aliphatic carboxylic acids is 2. The molecule has 0 spiro atoms. The van der Waals surface area contributed by atoms with Crippen LogP contribution >= 0.6 is 23.2 Å². The van der Waals surface area contributed by atoms with Gasteiger partial charge in [0.2, 0.25) is 5.91 Å². The van der Waals surface area contributed by atoms with Gasteiger partial charge in [-0.1, -0.05) is 40.5 Å². The van der Waals surface area contributed by atoms with Crippen molar-refractivity contribution >= 4 is 70.5 Å². The number of hydrogen-bond donors (Lipinski definition) is 3. The molecule has 3 N–H and O–H groups in total. The lowest BCUT2D eigenvalue weighted by Crippen LogP contribution is -2.55. The molecule has 0 radical (unpaired) electrons. The molecule has 0 atom stereocenters. The van der Waals surface area contributed by atoms with Crippen LogP contribution in [0.2, 0.25) is 10.0 Å². The Kier molecular flexibility index (Phi) is 17.7. The number of nitrogens with one attached hydrogen (secondary N) is 1. The lowest BCUT2D eigenvalue weighted by molar-refractivity contribution is -0.139. The van der Waals surface area contributed by atoms with Crippen molar-refractivity contribution in [2.75, 3.05) is 130 Å². The van der Waals surface area contributed by atoms with Gasteiger partial charge in [-0.25, -0.2) is 4.68 Å². The van der Waals surface area contributed by atoms with Gasteiger partial charge < -0.3 is 49.2 Å². The third-order valence-electron chi connectivity index (χ3n) is 13.4. The Labute approximate surface area is 443 Å². The van der Waals surface area contributed by atoms with Crippen molar-refractivity contribution in [3.8, 4) is 39.6 Å². The van der Waals surface area contributed by atoms with E-state index in [1.165, 1.54) is 0 Å². The normalized spacial score (nSPS) is 17.7. The fraction of sp³-hybridized carbons (Fsp3) is 0.451. The number of nitrogens with zero attached hydrogens (tertiary/aromatic N) is 9. The smallest absolute Gasteiger partial charge is 0.317 e. The van der Waals surface area contributed by atoms with Crippen molar-refractivity contribution in [2.24, 2.45) is 5.16 Å². The summed E-state index contributed by atoms with van der Waals surface area (Å²) in [4.78, 5) is 91.7. The number of hydrogen-bond acceptors (Lipinski definition) is 16. The first-order chi connectivity index (χ1) is 36.0. The number of carbonyl (C=O) groups is 6. The monoisotopic (exact) mass is 1070 g/mol. The van der Waals surface area contributed by atoms with E-state index in [4.69, 9.17) is 47.3 Å². The van der Waals surface area contributed by atoms with E-state index in [1.807, 2.05) is 35.8 Å². The molecule has 8 rings (SSSR count). The quantitative estimate of drug-likeness (QED) is 0.108. The first-order valence-corrected chi connectivity index (χ1v) is 25.2. The van der Waals surface area contributed by atoms with Gasteiger partial charge in [-0.3, -0.25) is 43.6 Å². The molecule has 24 heteroatoms. The average molecular weight is 1080 g/mol. The predicted molar refractivity (Wildman–Crippen MR) is 277 cm³/mol. The number of methoxy groups -OCH3 is 1. The second kappa shape index (κ2) is 24.3. The number of halogens is 2. The van der Waals surface area contributed by atoms with E-state index < -0.39 is 30.0 Å². The molecule has 0 bridgehead atoms. The van der Waals surface area contributed by atoms with Gasteiger partial charge in [0.05, 0.1) is 82.2 Å². The average Bonchev–Trinajstić information content (AvgIpc) is 3.77. The van der Waals surface area contributed by atoms with Gasteiger partial charge in [0.1, 0.15) is 24.4 Å². The summed E-state index contributed by atoms with van der Waals surface area (Å²) in [7, 11) is 1.55. The molecule has 4 aliphatic heterocycles. The van der Waals surface area contributed by atoms with Crippen LogP contribution in [0.4, 0.5) is 5.69 Å². The first kappa shape index (κ1) is 54.6. The maximum Gasteiger partial charge on any atom is 0.317 e. The molecule has 5 heterocycles. The van der Waals surface area contributed by atoms with Gasteiger partial charge in [0.25, 0.3) is 11.8 Å². The fourth-order valence-corrected chi connectivity index (χ4v) is 9.96. The Morgan fingerprint density at radius 2 is 1.47 bits per heavy atom. The Morgan fingerprint density at radius 3 is 2.08 bits per heavy atom. The molecule has 4 aliphatic rings. The summed E-state index contributed by atoms with van der Waals surface area (Å²) in [6, 6.07) is 15.9. The van der Waals surface area contributed by atoms with E-state index in [0.29, 0.717) is 139 Å². The Hall–Kier alpha value is -6.66. The molecule has 400 valence electrons. The third kappa shape index (κ3) is 13.6. The maximum atomic E-state index is 14.4. The van der Waals surface area contributed by atoms with Crippen LogP contribution in [-0.4, -0.2) is 222 Å². The largest absolute Gasteiger partial charge is 0.496 e. The SMILES string of the molecule is COc1cc2c(cc1-c1cccc(NC(=O)CON=C3CN(C(=O)CN4CCN(CC(=O)O)CCN(CC=O)CCN(CC(=O)O)CC4)C3)c1)-c1c(c(C(=O)N3CCOCC3(C)C)nn1-c1cc(Cl)cc(Cl)c1)CO2. The summed E-state index contributed by atoms with van der Waals surface area (Å²) in [5.74, 6) is -1.94. The molecule has 1 aromatic heterocycles. The van der Waals surface area contributed by atoms with Crippen LogP contribution < -0.4 is 14.8 Å². The summed E-state index contributed by atoms with van der Waals surface area (Å²) in [6.45, 7) is 7.78. The van der Waals surface area contributed by atoms with Crippen molar-refractivity contribution in [2.45, 2.75) is 26.0 Å². The minimum absolute atomic E-state index is 0.0137. The van der Waals surface area contributed by atoms with Gasteiger partial charge in [-0.05, 0) is 55.8 Å². The van der Waals surface area contributed by atoms with Crippen molar-refractivity contribution in [1.29, 1.82) is 0 Å². The van der Waals surface area contributed by atoms with Crippen molar-refractivity contribution in [1.82, 2.24) is 39.2 Å². The van der Waals surface area contributed by atoms with Gasteiger partial charge in [0, 0.05) is 97.4 Å². The zero-order valence-electron chi connectivity index (χ0n) is 42.0. The second-order valence-electron chi connectivity index (χ2n) is 19.3. The summed E-state index contributed by atoms with van der Waals surface area (Å²) < 4.78 is 19.6. The van der Waals surface area contributed by atoms with E-state index in [1.54, 1.807) is 73.9 Å². The number of likely N-dealkylation sites (tertiary alicyclic amines) is 1. The number of carbonyl (C=O) groups excluding carboxylic acids is 4. The molecule has 0 saturated carbocycles. The van der Waals surface area contributed by atoms with Crippen molar-refractivity contribution in [3.63, 3.8) is 0 Å². The Balaban J connectivity index is 0.917. The van der Waals surface area contributed by atoms with Crippen LogP contribution in [0.25, 0.3) is 28.1 Å². The number of aromatic nitrogens is 2. The predicted octanol–water partition coefficient (Wildman–Crippen LogP) is 3.41. The van der Waals surface area contributed by atoms with Gasteiger partial charge in [-0.15, -0.1) is 0 Å². The molecule has 75 heavy (non-hydrogen) atoms. The van der Waals surface area contributed by atoms with E-state index in [9.17, 15) is 39.0 Å². The number of carboxylic acid groups (broad SMARTS) is 2. The Morgan fingerprint density at radius 1 is 0.827 bits per heavy atom. The third-order valence-corrected chi connectivity index (χ3v) is 13.8. The van der Waals surface area contributed by atoms with Crippen LogP contribution in [-0.2, 0) is 40.2 Å². The topological polar surface area (TPSA) is 241 Å². The number of morpholine rings is 1. The highest BCUT2D eigenvalue weighted by atomic mass is 35.5. The lowest BCUT2D eigenvalue weighted by atomic mass is 9.95. The van der Waals surface area contributed by atoms with E-state index in [-0.39, 0.29) is 63.4 Å². The van der Waals surface area contributed by atoms with Crippen molar-refractivity contribution < 1.29 is 58.0 Å². The number of amides is 3. The minimum Gasteiger partial charge on any atom is -0.496 e. The number of ether oxygens (including phenoxy) is 3. The molecular weight excluding hydrogens is 1020 g/mol. The zero-order chi connectivity index (χ0) is 53.4. The van der Waals surface area contributed by atoms with Crippen LogP contribution in [0.1, 0.15) is 29.9 Å². The van der Waals surface area contributed by atoms with E-state index in [0.717, 1.165) is 6.29 Å². The molecule has 22 nitrogen and oxygen atoms in total. The molecule has 3 amide bonds. The van der Waals surface area contributed by atoms with Gasteiger partial charge >= 0.3 is 11.9 Å². The van der Waals surface area contributed by atoms with E-state index in [2.05, 4.69) is 10.5 Å². The molecule has 3 saturated heterocycles. The highest BCUT2D eigenvalue weighted by Crippen LogP contribution is 2.47. The minimum atomic E-state index is -0.994. The first-order valence-electron chi connectivity index (χ1n) is 24.4. The summed E-state index contributed by atoms with van der Waals surface area (Å²) >= 11 is 13.0. The van der Waals surface area contributed by atoms with Crippen LogP contribution in [0.3, 0.4) is 0 Å². The number of aldehydes is 1. The number of oxime groups is 1. The Bertz CT molecular complexity index is 2780. The molecular formula is C51H60Cl2N10O12. The maximum absolute atomic E-state index is 14.4. The summed E-state index contributed by atoms with van der Waals surface area (Å²) in [5.41, 5.74) is 4.36. The number of rotatable bonds is 16. The fourth-order valence-electron chi connectivity index (χ4n) is 9.44. The molecule has 0 aliphatic carbocycles. The number of benzene rings is 3. The lowest BCUT2D eigenvalue weighted by Gasteiger charge is -2.41.